The third-order valence-electron chi connectivity index (χ3n) is 2.44. The standard InChI is InChI=1S/C13H13F4N3OS2/c14-9-2-4-10(5-3-9)21-6-1-7-22-12-20-19-11(23-12)18-8-13(15,16)17/h2-5H,1,6-8H2,(H,18,19). The summed E-state index contributed by atoms with van der Waals surface area (Å²) in [4.78, 5) is 0. The van der Waals surface area contributed by atoms with Crippen LogP contribution in [0.15, 0.2) is 28.6 Å². The number of thioether (sulfide) groups is 1. The zero-order chi connectivity index (χ0) is 16.7. The van der Waals surface area contributed by atoms with E-state index < -0.39 is 12.7 Å². The Morgan fingerprint density at radius 2 is 1.91 bits per heavy atom. The first-order chi connectivity index (χ1) is 10.9. The minimum absolute atomic E-state index is 0.146. The summed E-state index contributed by atoms with van der Waals surface area (Å²) < 4.78 is 54.9. The average Bonchev–Trinajstić information content (AvgIpc) is 2.94. The van der Waals surface area contributed by atoms with Crippen LogP contribution in [0.3, 0.4) is 0 Å². The first-order valence-corrected chi connectivity index (χ1v) is 8.38. The van der Waals surface area contributed by atoms with Crippen LogP contribution in [0.1, 0.15) is 6.42 Å². The van der Waals surface area contributed by atoms with Gasteiger partial charge in [0.1, 0.15) is 18.1 Å². The molecular weight excluding hydrogens is 354 g/mol. The Morgan fingerprint density at radius 1 is 1.17 bits per heavy atom. The Hall–Kier alpha value is -1.55. The molecule has 0 atom stereocenters. The highest BCUT2D eigenvalue weighted by atomic mass is 32.2. The van der Waals surface area contributed by atoms with E-state index in [-0.39, 0.29) is 10.9 Å². The van der Waals surface area contributed by atoms with Gasteiger partial charge in [0, 0.05) is 5.75 Å². The molecule has 0 bridgehead atoms. The van der Waals surface area contributed by atoms with Gasteiger partial charge in [0.2, 0.25) is 5.13 Å². The van der Waals surface area contributed by atoms with Crippen molar-refractivity contribution in [2.45, 2.75) is 16.9 Å². The average molecular weight is 367 g/mol. The Bertz CT molecular complexity index is 604. The summed E-state index contributed by atoms with van der Waals surface area (Å²) in [5.74, 6) is 0.958. The molecule has 2 aromatic rings. The number of rotatable bonds is 8. The number of aromatic nitrogens is 2. The number of nitrogens with one attached hydrogen (secondary N) is 1. The van der Waals surface area contributed by atoms with Gasteiger partial charge in [0.25, 0.3) is 0 Å². The first kappa shape index (κ1) is 17.8. The SMILES string of the molecule is Fc1ccc(OCCCSc2nnc(NCC(F)(F)F)s2)cc1. The van der Waals surface area contributed by atoms with Crippen molar-refractivity contribution >= 4 is 28.2 Å². The highest BCUT2D eigenvalue weighted by molar-refractivity contribution is 8.01. The second-order valence-corrected chi connectivity index (χ2v) is 6.67. The fourth-order valence-corrected chi connectivity index (χ4v) is 3.19. The molecule has 0 aliphatic heterocycles. The number of alkyl halides is 3. The second-order valence-electron chi connectivity index (χ2n) is 4.35. The summed E-state index contributed by atoms with van der Waals surface area (Å²) in [7, 11) is 0. The Balaban J connectivity index is 1.63. The van der Waals surface area contributed by atoms with Crippen LogP contribution in [0, 0.1) is 5.82 Å². The van der Waals surface area contributed by atoms with Crippen molar-refractivity contribution in [3.05, 3.63) is 30.1 Å². The van der Waals surface area contributed by atoms with E-state index in [1.54, 1.807) is 12.1 Å². The molecule has 1 N–H and O–H groups in total. The van der Waals surface area contributed by atoms with Crippen LogP contribution in [-0.2, 0) is 0 Å². The van der Waals surface area contributed by atoms with Crippen LogP contribution >= 0.6 is 23.1 Å². The lowest BCUT2D eigenvalue weighted by atomic mass is 10.3. The van der Waals surface area contributed by atoms with Gasteiger partial charge in [-0.05, 0) is 30.7 Å². The van der Waals surface area contributed by atoms with Crippen LogP contribution < -0.4 is 10.1 Å². The van der Waals surface area contributed by atoms with E-state index in [9.17, 15) is 17.6 Å². The number of hydrogen-bond donors (Lipinski definition) is 1. The topological polar surface area (TPSA) is 47.0 Å². The molecule has 10 heteroatoms. The molecule has 0 aliphatic carbocycles. The Labute approximate surface area is 138 Å². The number of nitrogens with zero attached hydrogens (tertiary/aromatic N) is 2. The highest BCUT2D eigenvalue weighted by Crippen LogP contribution is 2.27. The fourth-order valence-electron chi connectivity index (χ4n) is 1.45. The van der Waals surface area contributed by atoms with E-state index in [0.717, 1.165) is 11.3 Å². The van der Waals surface area contributed by atoms with Gasteiger partial charge in [-0.3, -0.25) is 0 Å². The predicted molar refractivity (Wildman–Crippen MR) is 81.7 cm³/mol. The number of hydrogen-bond acceptors (Lipinski definition) is 6. The van der Waals surface area contributed by atoms with Crippen molar-refractivity contribution in [1.82, 2.24) is 10.2 Å². The zero-order valence-corrected chi connectivity index (χ0v) is 13.4. The molecule has 1 aromatic carbocycles. The second kappa shape index (κ2) is 8.34. The molecule has 4 nitrogen and oxygen atoms in total. The molecule has 0 fully saturated rings. The van der Waals surface area contributed by atoms with Gasteiger partial charge in [-0.25, -0.2) is 4.39 Å². The molecule has 0 amide bonds. The molecule has 23 heavy (non-hydrogen) atoms. The molecule has 2 rings (SSSR count). The van der Waals surface area contributed by atoms with Crippen molar-refractivity contribution in [3.8, 4) is 5.75 Å². The van der Waals surface area contributed by atoms with E-state index in [0.29, 0.717) is 28.9 Å². The van der Waals surface area contributed by atoms with E-state index in [2.05, 4.69) is 15.5 Å². The normalized spacial score (nSPS) is 11.5. The third kappa shape index (κ3) is 7.04. The molecule has 0 spiro atoms. The summed E-state index contributed by atoms with van der Waals surface area (Å²) in [6, 6.07) is 5.74. The van der Waals surface area contributed by atoms with Gasteiger partial charge in [0.05, 0.1) is 6.61 Å². The van der Waals surface area contributed by atoms with Crippen LogP contribution in [0.2, 0.25) is 0 Å². The molecule has 0 unspecified atom stereocenters. The summed E-state index contributed by atoms with van der Waals surface area (Å²) in [5, 5.41) is 9.77. The lowest BCUT2D eigenvalue weighted by Crippen LogP contribution is -2.21. The predicted octanol–water partition coefficient (Wildman–Crippen LogP) is 4.21. The summed E-state index contributed by atoms with van der Waals surface area (Å²) in [6.07, 6.45) is -3.57. The summed E-state index contributed by atoms with van der Waals surface area (Å²) in [6.45, 7) is -0.672. The Morgan fingerprint density at radius 3 is 2.61 bits per heavy atom. The van der Waals surface area contributed by atoms with Gasteiger partial charge in [-0.2, -0.15) is 13.2 Å². The lowest BCUT2D eigenvalue weighted by Gasteiger charge is -2.05. The van der Waals surface area contributed by atoms with E-state index in [4.69, 9.17) is 4.74 Å². The lowest BCUT2D eigenvalue weighted by molar-refractivity contribution is -0.115. The van der Waals surface area contributed by atoms with Crippen molar-refractivity contribution in [3.63, 3.8) is 0 Å². The van der Waals surface area contributed by atoms with Gasteiger partial charge < -0.3 is 10.1 Å². The van der Waals surface area contributed by atoms with Crippen LogP contribution in [0.25, 0.3) is 0 Å². The number of anilines is 1. The largest absolute Gasteiger partial charge is 0.494 e. The minimum Gasteiger partial charge on any atom is -0.494 e. The van der Waals surface area contributed by atoms with Crippen molar-refractivity contribution in [1.29, 1.82) is 0 Å². The molecular formula is C13H13F4N3OS2. The van der Waals surface area contributed by atoms with E-state index >= 15 is 0 Å². The van der Waals surface area contributed by atoms with Crippen molar-refractivity contribution < 1.29 is 22.3 Å². The van der Waals surface area contributed by atoms with Crippen molar-refractivity contribution in [2.24, 2.45) is 0 Å². The Kier molecular flexibility index (Phi) is 6.46. The monoisotopic (exact) mass is 367 g/mol. The van der Waals surface area contributed by atoms with E-state index in [1.165, 1.54) is 23.9 Å². The minimum atomic E-state index is -4.28. The van der Waals surface area contributed by atoms with Crippen LogP contribution in [0.4, 0.5) is 22.7 Å². The van der Waals surface area contributed by atoms with Gasteiger partial charge in [-0.15, -0.1) is 10.2 Å². The maximum Gasteiger partial charge on any atom is 0.405 e. The van der Waals surface area contributed by atoms with Gasteiger partial charge >= 0.3 is 6.18 Å². The van der Waals surface area contributed by atoms with E-state index in [1.807, 2.05) is 0 Å². The molecule has 1 heterocycles. The third-order valence-corrected chi connectivity index (χ3v) is 4.54. The molecule has 0 aliphatic rings. The molecule has 0 saturated carbocycles. The number of ether oxygens (including phenoxy) is 1. The molecule has 0 saturated heterocycles. The number of benzene rings is 1. The molecule has 0 radical (unpaired) electrons. The van der Waals surface area contributed by atoms with Crippen molar-refractivity contribution in [2.75, 3.05) is 24.2 Å². The summed E-state index contributed by atoms with van der Waals surface area (Å²) in [5.41, 5.74) is 0. The van der Waals surface area contributed by atoms with Crippen LogP contribution in [-0.4, -0.2) is 35.3 Å². The number of halogens is 4. The molecule has 1 aromatic heterocycles. The molecule has 126 valence electrons. The summed E-state index contributed by atoms with van der Waals surface area (Å²) >= 11 is 2.47. The fraction of sp³-hybridized carbons (Fsp3) is 0.385. The van der Waals surface area contributed by atoms with Gasteiger partial charge in [0.15, 0.2) is 4.34 Å². The quantitative estimate of drug-likeness (QED) is 0.430. The maximum atomic E-state index is 12.7. The first-order valence-electron chi connectivity index (χ1n) is 6.58. The van der Waals surface area contributed by atoms with Gasteiger partial charge in [-0.1, -0.05) is 23.1 Å². The van der Waals surface area contributed by atoms with Crippen LogP contribution in [0.5, 0.6) is 5.75 Å². The zero-order valence-electron chi connectivity index (χ0n) is 11.8. The highest BCUT2D eigenvalue weighted by Gasteiger charge is 2.27. The maximum absolute atomic E-state index is 12.7. The smallest absolute Gasteiger partial charge is 0.405 e.